The molecule has 0 bridgehead atoms. The van der Waals surface area contributed by atoms with Gasteiger partial charge in [0.25, 0.3) is 0 Å². The first-order valence-corrected chi connectivity index (χ1v) is 5.82. The molecule has 0 aromatic rings. The van der Waals surface area contributed by atoms with Crippen molar-refractivity contribution < 1.29 is 9.59 Å². The third-order valence-electron chi connectivity index (χ3n) is 2.86. The minimum absolute atomic E-state index is 0.145. The number of carbonyl (C=O) groups excluding carboxylic acids is 2. The average Bonchev–Trinajstić information content (AvgIpc) is 2.86. The largest absolute Gasteiger partial charge is 0.346 e. The highest BCUT2D eigenvalue weighted by atomic mass is 16.2. The van der Waals surface area contributed by atoms with Gasteiger partial charge >= 0.3 is 11.8 Å². The van der Waals surface area contributed by atoms with Gasteiger partial charge in [0.2, 0.25) is 0 Å². The van der Waals surface area contributed by atoms with Crippen LogP contribution in [0.4, 0.5) is 0 Å². The van der Waals surface area contributed by atoms with E-state index < -0.39 is 11.8 Å². The molecule has 1 aliphatic heterocycles. The fourth-order valence-electron chi connectivity index (χ4n) is 1.83. The van der Waals surface area contributed by atoms with Crippen LogP contribution in [-0.4, -0.2) is 48.9 Å². The lowest BCUT2D eigenvalue weighted by Gasteiger charge is -2.23. The molecule has 94 valence electrons. The molecule has 0 aliphatic carbocycles. The molecule has 0 spiro atoms. The Hall–Kier alpha value is -1.61. The van der Waals surface area contributed by atoms with Crippen LogP contribution in [0.25, 0.3) is 0 Å². The Balaban J connectivity index is 2.22. The molecule has 1 saturated heterocycles. The highest BCUT2D eigenvalue weighted by Gasteiger charge is 2.19. The van der Waals surface area contributed by atoms with Crippen LogP contribution in [0.15, 0.2) is 0 Å². The van der Waals surface area contributed by atoms with E-state index in [1.807, 2.05) is 6.92 Å². The third kappa shape index (κ3) is 4.41. The number of amides is 2. The summed E-state index contributed by atoms with van der Waals surface area (Å²) in [6, 6.07) is 1.98. The second-order valence-electron chi connectivity index (χ2n) is 4.14. The van der Waals surface area contributed by atoms with Crippen molar-refractivity contribution in [2.45, 2.75) is 25.8 Å². The van der Waals surface area contributed by atoms with Gasteiger partial charge in [0.05, 0.1) is 6.07 Å². The first kappa shape index (κ1) is 13.5. The van der Waals surface area contributed by atoms with Gasteiger partial charge in [-0.1, -0.05) is 0 Å². The molecule has 1 heterocycles. The molecule has 17 heavy (non-hydrogen) atoms. The summed E-state index contributed by atoms with van der Waals surface area (Å²) in [5, 5.41) is 13.0. The Morgan fingerprint density at radius 2 is 1.88 bits per heavy atom. The quantitative estimate of drug-likeness (QED) is 0.497. The van der Waals surface area contributed by atoms with E-state index in [2.05, 4.69) is 15.5 Å². The summed E-state index contributed by atoms with van der Waals surface area (Å²) in [6.45, 7) is 4.45. The maximum Gasteiger partial charge on any atom is 0.310 e. The molecule has 6 nitrogen and oxygen atoms in total. The number of hydrogen-bond donors (Lipinski definition) is 2. The summed E-state index contributed by atoms with van der Waals surface area (Å²) in [5.41, 5.74) is 0. The fraction of sp³-hybridized carbons (Fsp3) is 0.727. The van der Waals surface area contributed by atoms with Crippen LogP contribution in [0.3, 0.4) is 0 Å². The number of likely N-dealkylation sites (tertiary alicyclic amines) is 1. The van der Waals surface area contributed by atoms with Crippen molar-refractivity contribution in [2.24, 2.45) is 0 Å². The summed E-state index contributed by atoms with van der Waals surface area (Å²) < 4.78 is 0. The van der Waals surface area contributed by atoms with Crippen LogP contribution in [-0.2, 0) is 9.59 Å². The maximum absolute atomic E-state index is 11.3. The van der Waals surface area contributed by atoms with E-state index in [1.54, 1.807) is 6.07 Å². The SMILES string of the molecule is CC(CNC(=O)C(=O)NCC#N)N1CCCC1. The van der Waals surface area contributed by atoms with Gasteiger partial charge in [0, 0.05) is 12.6 Å². The first-order valence-electron chi connectivity index (χ1n) is 5.82. The average molecular weight is 238 g/mol. The van der Waals surface area contributed by atoms with Gasteiger partial charge in [0.1, 0.15) is 6.54 Å². The van der Waals surface area contributed by atoms with E-state index in [0.717, 1.165) is 13.1 Å². The van der Waals surface area contributed by atoms with Crippen molar-refractivity contribution in [2.75, 3.05) is 26.2 Å². The minimum atomic E-state index is -0.750. The van der Waals surface area contributed by atoms with Crippen LogP contribution in [0.2, 0.25) is 0 Å². The van der Waals surface area contributed by atoms with Crippen molar-refractivity contribution in [1.82, 2.24) is 15.5 Å². The number of nitrogens with one attached hydrogen (secondary N) is 2. The zero-order valence-corrected chi connectivity index (χ0v) is 10.0. The number of rotatable bonds is 4. The highest BCUT2D eigenvalue weighted by molar-refractivity contribution is 6.35. The van der Waals surface area contributed by atoms with E-state index in [-0.39, 0.29) is 12.6 Å². The molecule has 0 saturated carbocycles. The van der Waals surface area contributed by atoms with E-state index >= 15 is 0 Å². The van der Waals surface area contributed by atoms with Gasteiger partial charge in [-0.3, -0.25) is 14.5 Å². The molecular weight excluding hydrogens is 220 g/mol. The zero-order chi connectivity index (χ0) is 12.7. The summed E-state index contributed by atoms with van der Waals surface area (Å²) in [4.78, 5) is 24.8. The monoisotopic (exact) mass is 238 g/mol. The Labute approximate surface area is 101 Å². The molecule has 1 atom stereocenters. The van der Waals surface area contributed by atoms with Crippen molar-refractivity contribution >= 4 is 11.8 Å². The molecule has 1 unspecified atom stereocenters. The second kappa shape index (κ2) is 6.86. The topological polar surface area (TPSA) is 85.2 Å². The standard InChI is InChI=1S/C11H18N4O2/c1-9(15-6-2-3-7-15)8-14-11(17)10(16)13-5-4-12/h9H,2-3,5-8H2,1H3,(H,13,16)(H,14,17). The predicted octanol–water partition coefficient (Wildman–Crippen LogP) is -0.773. The van der Waals surface area contributed by atoms with Gasteiger partial charge in [-0.15, -0.1) is 0 Å². The molecule has 1 fully saturated rings. The lowest BCUT2D eigenvalue weighted by atomic mass is 10.3. The van der Waals surface area contributed by atoms with Crippen LogP contribution < -0.4 is 10.6 Å². The van der Waals surface area contributed by atoms with E-state index in [1.165, 1.54) is 12.8 Å². The third-order valence-corrected chi connectivity index (χ3v) is 2.86. The number of nitriles is 1. The fourth-order valence-corrected chi connectivity index (χ4v) is 1.83. The summed E-state index contributed by atoms with van der Waals surface area (Å²) in [6.07, 6.45) is 2.39. The Bertz CT molecular complexity index is 318. The van der Waals surface area contributed by atoms with Crippen LogP contribution in [0.5, 0.6) is 0 Å². The number of carbonyl (C=O) groups is 2. The molecule has 1 rings (SSSR count). The van der Waals surface area contributed by atoms with Crippen molar-refractivity contribution in [3.63, 3.8) is 0 Å². The second-order valence-corrected chi connectivity index (χ2v) is 4.14. The van der Waals surface area contributed by atoms with Crippen LogP contribution in [0.1, 0.15) is 19.8 Å². The van der Waals surface area contributed by atoms with Gasteiger partial charge in [-0.25, -0.2) is 0 Å². The Morgan fingerprint density at radius 1 is 1.29 bits per heavy atom. The van der Waals surface area contributed by atoms with Crippen molar-refractivity contribution in [3.05, 3.63) is 0 Å². The summed E-state index contributed by atoms with van der Waals surface area (Å²) in [7, 11) is 0. The Morgan fingerprint density at radius 3 is 2.47 bits per heavy atom. The summed E-state index contributed by atoms with van der Waals surface area (Å²) >= 11 is 0. The Kier molecular flexibility index (Phi) is 5.43. The van der Waals surface area contributed by atoms with Gasteiger partial charge in [0.15, 0.2) is 0 Å². The maximum atomic E-state index is 11.3. The zero-order valence-electron chi connectivity index (χ0n) is 10.0. The van der Waals surface area contributed by atoms with E-state index in [4.69, 9.17) is 5.26 Å². The molecule has 6 heteroatoms. The molecule has 2 N–H and O–H groups in total. The molecule has 2 amide bonds. The van der Waals surface area contributed by atoms with E-state index in [0.29, 0.717) is 6.54 Å². The minimum Gasteiger partial charge on any atom is -0.346 e. The van der Waals surface area contributed by atoms with Crippen molar-refractivity contribution in [1.29, 1.82) is 5.26 Å². The van der Waals surface area contributed by atoms with Crippen LogP contribution in [0, 0.1) is 11.3 Å². The smallest absolute Gasteiger partial charge is 0.310 e. The molecule has 1 aliphatic rings. The molecule has 0 radical (unpaired) electrons. The lowest BCUT2D eigenvalue weighted by molar-refractivity contribution is -0.139. The lowest BCUT2D eigenvalue weighted by Crippen LogP contribution is -2.45. The molecular formula is C11H18N4O2. The highest BCUT2D eigenvalue weighted by Crippen LogP contribution is 2.10. The van der Waals surface area contributed by atoms with Gasteiger partial charge < -0.3 is 10.6 Å². The molecule has 0 aromatic heterocycles. The van der Waals surface area contributed by atoms with Crippen LogP contribution >= 0.6 is 0 Å². The van der Waals surface area contributed by atoms with Gasteiger partial charge in [-0.05, 0) is 32.9 Å². The number of hydrogen-bond acceptors (Lipinski definition) is 4. The number of nitrogens with zero attached hydrogens (tertiary/aromatic N) is 2. The summed E-state index contributed by atoms with van der Waals surface area (Å²) in [5.74, 6) is -1.42. The van der Waals surface area contributed by atoms with Crippen molar-refractivity contribution in [3.8, 4) is 6.07 Å². The normalized spacial score (nSPS) is 17.2. The predicted molar refractivity (Wildman–Crippen MR) is 61.9 cm³/mol. The molecule has 0 aromatic carbocycles. The van der Waals surface area contributed by atoms with E-state index in [9.17, 15) is 9.59 Å². The first-order chi connectivity index (χ1) is 8.15. The van der Waals surface area contributed by atoms with Gasteiger partial charge in [-0.2, -0.15) is 5.26 Å².